The van der Waals surface area contributed by atoms with Crippen LogP contribution in [0, 0.1) is 11.8 Å². The Morgan fingerprint density at radius 3 is 2.37 bits per heavy atom. The van der Waals surface area contributed by atoms with Gasteiger partial charge in [0.1, 0.15) is 11.5 Å². The SMILES string of the molecule is OC1[C@@H]2CC[C@H]1C[C@H](OCc1c(-c3c(Cl)cccc3Cl)noc1C1CC1)C2. The van der Waals surface area contributed by atoms with Crippen molar-refractivity contribution in [3.8, 4) is 11.3 Å². The van der Waals surface area contributed by atoms with Gasteiger partial charge < -0.3 is 14.4 Å². The van der Waals surface area contributed by atoms with Crippen LogP contribution in [0.2, 0.25) is 10.0 Å². The molecule has 0 radical (unpaired) electrons. The van der Waals surface area contributed by atoms with Crippen LogP contribution in [0.3, 0.4) is 0 Å². The highest BCUT2D eigenvalue weighted by Crippen LogP contribution is 2.47. The monoisotopic (exact) mass is 407 g/mol. The average Bonchev–Trinajstić information content (AvgIpc) is 3.38. The van der Waals surface area contributed by atoms with Crippen molar-refractivity contribution in [1.29, 1.82) is 0 Å². The van der Waals surface area contributed by atoms with Crippen LogP contribution in [0.15, 0.2) is 22.7 Å². The smallest absolute Gasteiger partial charge is 0.145 e. The molecule has 3 saturated carbocycles. The summed E-state index contributed by atoms with van der Waals surface area (Å²) in [6.07, 6.45) is 6.39. The molecule has 3 aliphatic carbocycles. The largest absolute Gasteiger partial charge is 0.393 e. The van der Waals surface area contributed by atoms with Gasteiger partial charge >= 0.3 is 0 Å². The van der Waals surface area contributed by atoms with Gasteiger partial charge in [-0.2, -0.15) is 0 Å². The summed E-state index contributed by atoms with van der Waals surface area (Å²) < 4.78 is 12.0. The summed E-state index contributed by atoms with van der Waals surface area (Å²) in [7, 11) is 0. The first-order valence-electron chi connectivity index (χ1n) is 9.84. The van der Waals surface area contributed by atoms with Crippen molar-refractivity contribution >= 4 is 23.2 Å². The molecule has 3 aliphatic rings. The summed E-state index contributed by atoms with van der Waals surface area (Å²) in [6, 6.07) is 5.47. The minimum Gasteiger partial charge on any atom is -0.393 e. The zero-order valence-corrected chi connectivity index (χ0v) is 16.5. The molecule has 1 heterocycles. The summed E-state index contributed by atoms with van der Waals surface area (Å²) in [5, 5.41) is 15.7. The number of fused-ring (bicyclic) bond motifs is 2. The lowest BCUT2D eigenvalue weighted by molar-refractivity contribution is -0.0472. The first kappa shape index (κ1) is 18.0. The summed E-state index contributed by atoms with van der Waals surface area (Å²) in [5.41, 5.74) is 2.39. The first-order valence-corrected chi connectivity index (χ1v) is 10.6. The second kappa shape index (κ2) is 7.07. The van der Waals surface area contributed by atoms with Gasteiger partial charge in [0.05, 0.1) is 28.9 Å². The van der Waals surface area contributed by atoms with E-state index in [1.807, 2.05) is 18.2 Å². The fourth-order valence-corrected chi connectivity index (χ4v) is 5.40. The van der Waals surface area contributed by atoms with Crippen molar-refractivity contribution in [3.63, 3.8) is 0 Å². The van der Waals surface area contributed by atoms with Gasteiger partial charge in [-0.1, -0.05) is 34.4 Å². The highest BCUT2D eigenvalue weighted by atomic mass is 35.5. The fraction of sp³-hybridized carbons (Fsp3) is 0.571. The van der Waals surface area contributed by atoms with Crippen LogP contribution in [-0.2, 0) is 11.3 Å². The van der Waals surface area contributed by atoms with Crippen molar-refractivity contribution < 1.29 is 14.4 Å². The minimum atomic E-state index is -0.139. The molecule has 0 amide bonds. The molecule has 6 heteroatoms. The number of aliphatic hydroxyl groups is 1. The van der Waals surface area contributed by atoms with Crippen LogP contribution in [-0.4, -0.2) is 22.5 Å². The Morgan fingerprint density at radius 1 is 1.07 bits per heavy atom. The third kappa shape index (κ3) is 3.31. The fourth-order valence-electron chi connectivity index (χ4n) is 4.83. The van der Waals surface area contributed by atoms with Crippen LogP contribution in [0.1, 0.15) is 55.8 Å². The summed E-state index contributed by atoms with van der Waals surface area (Å²) >= 11 is 12.8. The Balaban J connectivity index is 1.41. The average molecular weight is 408 g/mol. The standard InChI is InChI=1S/C21H23Cl2NO3/c22-16-2-1-3-17(23)18(16)19-15(21(27-24-19)11-4-5-11)10-26-14-8-12-6-7-13(9-14)20(12)25/h1-3,11-14,20,25H,4-10H2/t12-,13+,14-,20?. The molecule has 2 aromatic rings. The Bertz CT molecular complexity index is 814. The van der Waals surface area contributed by atoms with Gasteiger partial charge in [-0.25, -0.2) is 0 Å². The molecule has 0 spiro atoms. The topological polar surface area (TPSA) is 55.5 Å². The lowest BCUT2D eigenvalue weighted by atomic mass is 9.84. The number of ether oxygens (including phenoxy) is 1. The molecular formula is C21H23Cl2NO3. The van der Waals surface area contributed by atoms with Crippen molar-refractivity contribution in [2.45, 2.75) is 63.3 Å². The second-order valence-corrected chi connectivity index (χ2v) is 9.05. The van der Waals surface area contributed by atoms with Crippen LogP contribution in [0.4, 0.5) is 0 Å². The van der Waals surface area contributed by atoms with Crippen LogP contribution in [0.25, 0.3) is 11.3 Å². The van der Waals surface area contributed by atoms with E-state index in [2.05, 4.69) is 5.16 Å². The van der Waals surface area contributed by atoms with E-state index in [-0.39, 0.29) is 12.2 Å². The highest BCUT2D eigenvalue weighted by molar-refractivity contribution is 6.39. The van der Waals surface area contributed by atoms with Crippen LogP contribution < -0.4 is 0 Å². The molecule has 4 atom stereocenters. The van der Waals surface area contributed by atoms with E-state index in [0.717, 1.165) is 49.8 Å². The van der Waals surface area contributed by atoms with Crippen molar-refractivity contribution in [2.24, 2.45) is 11.8 Å². The number of aliphatic hydroxyl groups excluding tert-OH is 1. The highest BCUT2D eigenvalue weighted by Gasteiger charge is 2.42. The maximum absolute atomic E-state index is 10.2. The molecule has 1 unspecified atom stereocenters. The predicted octanol–water partition coefficient (Wildman–Crippen LogP) is 5.59. The quantitative estimate of drug-likeness (QED) is 0.701. The number of nitrogens with zero attached hydrogens (tertiary/aromatic N) is 1. The molecule has 27 heavy (non-hydrogen) atoms. The lowest BCUT2D eigenvalue weighted by Gasteiger charge is -2.32. The molecule has 0 saturated heterocycles. The van der Waals surface area contributed by atoms with Gasteiger partial charge in [0.2, 0.25) is 0 Å². The number of aromatic nitrogens is 1. The maximum Gasteiger partial charge on any atom is 0.145 e. The van der Waals surface area contributed by atoms with Gasteiger partial charge in [-0.15, -0.1) is 0 Å². The van der Waals surface area contributed by atoms with E-state index in [9.17, 15) is 5.11 Å². The Kier molecular flexibility index (Phi) is 4.71. The van der Waals surface area contributed by atoms with Gasteiger partial charge in [-0.3, -0.25) is 0 Å². The van der Waals surface area contributed by atoms with E-state index in [0.29, 0.717) is 45.7 Å². The van der Waals surface area contributed by atoms with Gasteiger partial charge in [0.15, 0.2) is 0 Å². The van der Waals surface area contributed by atoms with Crippen molar-refractivity contribution in [2.75, 3.05) is 0 Å². The molecule has 4 nitrogen and oxygen atoms in total. The van der Waals surface area contributed by atoms with Gasteiger partial charge in [-0.05, 0) is 62.5 Å². The predicted molar refractivity (Wildman–Crippen MR) is 104 cm³/mol. The summed E-state index contributed by atoms with van der Waals surface area (Å²) in [5.74, 6) is 2.11. The third-order valence-corrected chi connectivity index (χ3v) is 7.07. The number of halogens is 2. The molecule has 5 rings (SSSR count). The lowest BCUT2D eigenvalue weighted by Crippen LogP contribution is -2.34. The molecule has 2 bridgehead atoms. The van der Waals surface area contributed by atoms with E-state index >= 15 is 0 Å². The van der Waals surface area contributed by atoms with Crippen LogP contribution in [0.5, 0.6) is 0 Å². The van der Waals surface area contributed by atoms with Crippen molar-refractivity contribution in [1.82, 2.24) is 5.16 Å². The zero-order valence-electron chi connectivity index (χ0n) is 15.0. The molecular weight excluding hydrogens is 385 g/mol. The Hall–Kier alpha value is -1.07. The van der Waals surface area contributed by atoms with Crippen LogP contribution >= 0.6 is 23.2 Å². The number of hydrogen-bond acceptors (Lipinski definition) is 4. The molecule has 144 valence electrons. The van der Waals surface area contributed by atoms with E-state index < -0.39 is 0 Å². The zero-order chi connectivity index (χ0) is 18.5. The number of benzene rings is 1. The molecule has 3 fully saturated rings. The van der Waals surface area contributed by atoms with Crippen molar-refractivity contribution in [3.05, 3.63) is 39.6 Å². The first-order chi connectivity index (χ1) is 13.1. The number of hydrogen-bond donors (Lipinski definition) is 1. The minimum absolute atomic E-state index is 0.139. The van der Waals surface area contributed by atoms with Gasteiger partial charge in [0, 0.05) is 17.0 Å². The second-order valence-electron chi connectivity index (χ2n) is 8.24. The van der Waals surface area contributed by atoms with E-state index in [1.54, 1.807) is 0 Å². The van der Waals surface area contributed by atoms with E-state index in [1.165, 1.54) is 0 Å². The summed E-state index contributed by atoms with van der Waals surface area (Å²) in [4.78, 5) is 0. The number of rotatable bonds is 5. The Labute approximate surface area is 168 Å². The van der Waals surface area contributed by atoms with E-state index in [4.69, 9.17) is 32.5 Å². The summed E-state index contributed by atoms with van der Waals surface area (Å²) in [6.45, 7) is 0.451. The molecule has 1 N–H and O–H groups in total. The molecule has 1 aromatic heterocycles. The molecule has 0 aliphatic heterocycles. The van der Waals surface area contributed by atoms with Gasteiger partial charge in [0.25, 0.3) is 0 Å². The normalized spacial score (nSPS) is 30.0. The Morgan fingerprint density at radius 2 is 1.74 bits per heavy atom. The maximum atomic E-state index is 10.2. The third-order valence-electron chi connectivity index (χ3n) is 6.44. The molecule has 1 aromatic carbocycles.